The molecule has 7 heteroatoms. The first-order valence-corrected chi connectivity index (χ1v) is 7.81. The standard InChI is InChI=1S/C19H17F2NO4/c20-16-10-14(15(18(23)24)11-17(16)21)8-4-5-9-22-19(25)26-12-13-6-2-1-3-7-13/h1-4,6-8,10-11H,5,9,12H2,(H,22,25)(H,23,24). The number of carbonyl (C=O) groups excluding carboxylic acids is 1. The highest BCUT2D eigenvalue weighted by molar-refractivity contribution is 5.92. The zero-order chi connectivity index (χ0) is 18.9. The number of ether oxygens (including phenoxy) is 1. The van der Waals surface area contributed by atoms with Crippen molar-refractivity contribution >= 4 is 18.1 Å². The van der Waals surface area contributed by atoms with E-state index in [1.165, 1.54) is 6.08 Å². The maximum atomic E-state index is 13.3. The molecule has 0 atom stereocenters. The first-order valence-electron chi connectivity index (χ1n) is 7.81. The molecule has 0 aliphatic heterocycles. The molecule has 0 heterocycles. The van der Waals surface area contributed by atoms with Gasteiger partial charge in [0.05, 0.1) is 5.56 Å². The number of hydrogen-bond acceptors (Lipinski definition) is 3. The lowest BCUT2D eigenvalue weighted by Gasteiger charge is -2.06. The number of amides is 1. The Morgan fingerprint density at radius 3 is 2.50 bits per heavy atom. The minimum Gasteiger partial charge on any atom is -0.478 e. The summed E-state index contributed by atoms with van der Waals surface area (Å²) in [5.41, 5.74) is 0.570. The van der Waals surface area contributed by atoms with Crippen LogP contribution in [0.15, 0.2) is 48.5 Å². The topological polar surface area (TPSA) is 75.6 Å². The van der Waals surface area contributed by atoms with E-state index in [9.17, 15) is 18.4 Å². The van der Waals surface area contributed by atoms with Crippen LogP contribution in [0.1, 0.15) is 27.9 Å². The number of rotatable bonds is 7. The van der Waals surface area contributed by atoms with Gasteiger partial charge < -0.3 is 15.2 Å². The largest absolute Gasteiger partial charge is 0.478 e. The molecule has 0 fully saturated rings. The molecular weight excluding hydrogens is 344 g/mol. The van der Waals surface area contributed by atoms with Crippen LogP contribution in [0.5, 0.6) is 0 Å². The van der Waals surface area contributed by atoms with Gasteiger partial charge in [-0.05, 0) is 29.7 Å². The maximum absolute atomic E-state index is 13.3. The lowest BCUT2D eigenvalue weighted by Crippen LogP contribution is -2.24. The van der Waals surface area contributed by atoms with E-state index >= 15 is 0 Å². The van der Waals surface area contributed by atoms with Gasteiger partial charge in [-0.2, -0.15) is 0 Å². The molecule has 2 N–H and O–H groups in total. The molecule has 0 aliphatic carbocycles. The van der Waals surface area contributed by atoms with Crippen molar-refractivity contribution < 1.29 is 28.2 Å². The Labute approximate surface area is 148 Å². The molecule has 0 bridgehead atoms. The molecule has 0 saturated heterocycles. The summed E-state index contributed by atoms with van der Waals surface area (Å²) in [4.78, 5) is 22.6. The van der Waals surface area contributed by atoms with Gasteiger partial charge in [0.25, 0.3) is 0 Å². The van der Waals surface area contributed by atoms with E-state index in [-0.39, 0.29) is 24.3 Å². The van der Waals surface area contributed by atoms with Crippen molar-refractivity contribution in [2.75, 3.05) is 6.54 Å². The molecule has 136 valence electrons. The Morgan fingerprint density at radius 2 is 1.81 bits per heavy atom. The van der Waals surface area contributed by atoms with Crippen LogP contribution in [-0.4, -0.2) is 23.7 Å². The number of benzene rings is 2. The number of alkyl carbamates (subject to hydrolysis) is 1. The fourth-order valence-corrected chi connectivity index (χ4v) is 2.13. The van der Waals surface area contributed by atoms with E-state index in [1.807, 2.05) is 30.3 Å². The van der Waals surface area contributed by atoms with Crippen LogP contribution in [0.3, 0.4) is 0 Å². The summed E-state index contributed by atoms with van der Waals surface area (Å²) < 4.78 is 31.4. The van der Waals surface area contributed by atoms with Crippen molar-refractivity contribution in [1.82, 2.24) is 5.32 Å². The van der Waals surface area contributed by atoms with Crippen molar-refractivity contribution in [2.45, 2.75) is 13.0 Å². The highest BCUT2D eigenvalue weighted by atomic mass is 19.2. The maximum Gasteiger partial charge on any atom is 0.407 e. The Bertz CT molecular complexity index is 807. The zero-order valence-electron chi connectivity index (χ0n) is 13.7. The first-order chi connectivity index (χ1) is 12.5. The van der Waals surface area contributed by atoms with Crippen molar-refractivity contribution in [3.8, 4) is 0 Å². The second-order valence-corrected chi connectivity index (χ2v) is 5.34. The van der Waals surface area contributed by atoms with Gasteiger partial charge in [-0.25, -0.2) is 18.4 Å². The van der Waals surface area contributed by atoms with Crippen LogP contribution >= 0.6 is 0 Å². The lowest BCUT2D eigenvalue weighted by molar-refractivity contribution is 0.0696. The average Bonchev–Trinajstić information content (AvgIpc) is 2.63. The van der Waals surface area contributed by atoms with E-state index in [2.05, 4.69) is 5.32 Å². The molecule has 0 spiro atoms. The van der Waals surface area contributed by atoms with Gasteiger partial charge in [0.2, 0.25) is 0 Å². The predicted molar refractivity (Wildman–Crippen MR) is 91.6 cm³/mol. The molecular formula is C19H17F2NO4. The third kappa shape index (κ3) is 5.70. The van der Waals surface area contributed by atoms with Crippen molar-refractivity contribution in [1.29, 1.82) is 0 Å². The Balaban J connectivity index is 1.80. The first kappa shape index (κ1) is 19.1. The number of carbonyl (C=O) groups is 2. The molecule has 2 aromatic rings. The van der Waals surface area contributed by atoms with Crippen LogP contribution in [0.4, 0.5) is 13.6 Å². The van der Waals surface area contributed by atoms with Gasteiger partial charge in [-0.15, -0.1) is 0 Å². The summed E-state index contributed by atoms with van der Waals surface area (Å²) in [6, 6.07) is 10.7. The van der Waals surface area contributed by atoms with Gasteiger partial charge in [0.15, 0.2) is 11.6 Å². The molecule has 0 aliphatic rings. The fraction of sp³-hybridized carbons (Fsp3) is 0.158. The molecule has 5 nitrogen and oxygen atoms in total. The Hall–Kier alpha value is -3.22. The molecule has 2 aromatic carbocycles. The van der Waals surface area contributed by atoms with E-state index in [0.29, 0.717) is 12.5 Å². The third-order valence-electron chi connectivity index (χ3n) is 3.41. The van der Waals surface area contributed by atoms with Gasteiger partial charge >= 0.3 is 12.1 Å². The number of hydrogen-bond donors (Lipinski definition) is 2. The van der Waals surface area contributed by atoms with Gasteiger partial charge in [0, 0.05) is 6.54 Å². The number of carboxylic acids is 1. The number of halogens is 2. The van der Waals surface area contributed by atoms with Crippen LogP contribution in [0.2, 0.25) is 0 Å². The second kappa shape index (κ2) is 9.31. The van der Waals surface area contributed by atoms with Crippen molar-refractivity contribution in [2.24, 2.45) is 0 Å². The minimum absolute atomic E-state index is 0.0445. The van der Waals surface area contributed by atoms with Gasteiger partial charge in [-0.3, -0.25) is 0 Å². The summed E-state index contributed by atoms with van der Waals surface area (Å²) in [5, 5.41) is 11.5. The normalized spacial score (nSPS) is 10.7. The molecule has 0 aromatic heterocycles. The van der Waals surface area contributed by atoms with Gasteiger partial charge in [-0.1, -0.05) is 42.5 Å². The van der Waals surface area contributed by atoms with E-state index in [4.69, 9.17) is 9.84 Å². The molecule has 0 unspecified atom stereocenters. The summed E-state index contributed by atoms with van der Waals surface area (Å²) in [7, 11) is 0. The summed E-state index contributed by atoms with van der Waals surface area (Å²) in [6.45, 7) is 0.398. The average molecular weight is 361 g/mol. The van der Waals surface area contributed by atoms with Crippen LogP contribution in [0, 0.1) is 11.6 Å². The zero-order valence-corrected chi connectivity index (χ0v) is 13.7. The monoisotopic (exact) mass is 361 g/mol. The molecule has 26 heavy (non-hydrogen) atoms. The smallest absolute Gasteiger partial charge is 0.407 e. The number of aromatic carboxylic acids is 1. The minimum atomic E-state index is -1.36. The van der Waals surface area contributed by atoms with E-state index in [0.717, 1.165) is 11.6 Å². The summed E-state index contributed by atoms with van der Waals surface area (Å²) >= 11 is 0. The summed E-state index contributed by atoms with van der Waals surface area (Å²) in [5.74, 6) is -3.70. The fourth-order valence-electron chi connectivity index (χ4n) is 2.13. The van der Waals surface area contributed by atoms with Crippen LogP contribution in [-0.2, 0) is 11.3 Å². The quantitative estimate of drug-likeness (QED) is 0.731. The molecule has 0 radical (unpaired) electrons. The highest BCUT2D eigenvalue weighted by Gasteiger charge is 2.13. The summed E-state index contributed by atoms with van der Waals surface area (Å²) in [6.07, 6.45) is 2.69. The third-order valence-corrected chi connectivity index (χ3v) is 3.41. The Kier molecular flexibility index (Phi) is 6.84. The number of nitrogens with one attached hydrogen (secondary N) is 1. The molecule has 0 saturated carbocycles. The van der Waals surface area contributed by atoms with Crippen molar-refractivity contribution in [3.63, 3.8) is 0 Å². The van der Waals surface area contributed by atoms with E-state index in [1.54, 1.807) is 6.08 Å². The van der Waals surface area contributed by atoms with Crippen LogP contribution < -0.4 is 5.32 Å². The second-order valence-electron chi connectivity index (χ2n) is 5.34. The van der Waals surface area contributed by atoms with E-state index < -0.39 is 23.7 Å². The van der Waals surface area contributed by atoms with Crippen LogP contribution in [0.25, 0.3) is 6.08 Å². The Morgan fingerprint density at radius 1 is 1.12 bits per heavy atom. The van der Waals surface area contributed by atoms with Gasteiger partial charge in [0.1, 0.15) is 6.61 Å². The van der Waals surface area contributed by atoms with Crippen molar-refractivity contribution in [3.05, 3.63) is 76.9 Å². The SMILES string of the molecule is O=C(NCCC=Cc1cc(F)c(F)cc1C(=O)O)OCc1ccccc1. The lowest BCUT2D eigenvalue weighted by atomic mass is 10.1. The highest BCUT2D eigenvalue weighted by Crippen LogP contribution is 2.17. The number of carboxylic acid groups (broad SMARTS) is 1. The molecule has 1 amide bonds. The molecule has 2 rings (SSSR count). The predicted octanol–water partition coefficient (Wildman–Crippen LogP) is 3.99.